The Kier molecular flexibility index (Phi) is 4.66. The van der Waals surface area contributed by atoms with Gasteiger partial charge in [0.1, 0.15) is 6.33 Å². The van der Waals surface area contributed by atoms with Crippen LogP contribution in [0, 0.1) is 5.92 Å². The molecule has 1 heterocycles. The normalized spacial score (nSPS) is 22.2. The molecule has 0 spiro atoms. The zero-order chi connectivity index (χ0) is 16.3. The van der Waals surface area contributed by atoms with Crippen molar-refractivity contribution >= 4 is 0 Å². The number of hydrogen-bond donors (Lipinski definition) is 1. The molecule has 1 fully saturated rings. The predicted molar refractivity (Wildman–Crippen MR) is 80.0 cm³/mol. The summed E-state index contributed by atoms with van der Waals surface area (Å²) in [4.78, 5) is 0. The van der Waals surface area contributed by atoms with Gasteiger partial charge in [-0.05, 0) is 31.4 Å². The van der Waals surface area contributed by atoms with E-state index >= 15 is 0 Å². The van der Waals surface area contributed by atoms with Crippen LogP contribution in [0.5, 0.6) is 0 Å². The van der Waals surface area contributed by atoms with Gasteiger partial charge in [-0.15, -0.1) is 10.2 Å². The number of aromatic nitrogens is 3. The molecule has 2 atom stereocenters. The monoisotopic (exact) mass is 324 g/mol. The highest BCUT2D eigenvalue weighted by molar-refractivity contribution is 5.31. The fourth-order valence-electron chi connectivity index (χ4n) is 3.09. The number of para-hydroxylation sites is 1. The van der Waals surface area contributed by atoms with Crippen molar-refractivity contribution in [3.05, 3.63) is 42.5 Å². The third-order valence-corrected chi connectivity index (χ3v) is 4.34. The van der Waals surface area contributed by atoms with E-state index in [9.17, 15) is 13.2 Å². The van der Waals surface area contributed by atoms with Crippen LogP contribution >= 0.6 is 0 Å². The lowest BCUT2D eigenvalue weighted by atomic mass is 9.85. The number of rotatable bonds is 4. The van der Waals surface area contributed by atoms with Crippen LogP contribution in [0.25, 0.3) is 5.69 Å². The molecule has 1 saturated carbocycles. The Balaban J connectivity index is 1.62. The highest BCUT2D eigenvalue weighted by atomic mass is 19.4. The Bertz CT molecular complexity index is 624. The molecule has 0 saturated heterocycles. The van der Waals surface area contributed by atoms with E-state index in [4.69, 9.17) is 0 Å². The molecule has 1 aliphatic carbocycles. The molecule has 1 aromatic carbocycles. The molecule has 23 heavy (non-hydrogen) atoms. The fourth-order valence-corrected chi connectivity index (χ4v) is 3.09. The minimum absolute atomic E-state index is 0.128. The number of nitrogens with zero attached hydrogens (tertiary/aromatic N) is 3. The number of benzene rings is 1. The van der Waals surface area contributed by atoms with Crippen molar-refractivity contribution in [2.75, 3.05) is 0 Å². The van der Waals surface area contributed by atoms with Crippen LogP contribution in [0.1, 0.15) is 31.5 Å². The molecule has 4 nitrogen and oxygen atoms in total. The zero-order valence-electron chi connectivity index (χ0n) is 12.6. The lowest BCUT2D eigenvalue weighted by Crippen LogP contribution is -2.38. The quantitative estimate of drug-likeness (QED) is 0.936. The molecule has 124 valence electrons. The van der Waals surface area contributed by atoms with E-state index in [2.05, 4.69) is 15.5 Å². The first-order valence-electron chi connectivity index (χ1n) is 7.78. The molecule has 1 aromatic heterocycles. The molecule has 1 N–H and O–H groups in total. The van der Waals surface area contributed by atoms with Gasteiger partial charge >= 0.3 is 6.18 Å². The van der Waals surface area contributed by atoms with E-state index < -0.39 is 12.1 Å². The van der Waals surface area contributed by atoms with Gasteiger partial charge in [0, 0.05) is 11.7 Å². The third-order valence-electron chi connectivity index (χ3n) is 4.34. The minimum atomic E-state index is -4.09. The van der Waals surface area contributed by atoms with E-state index in [1.165, 1.54) is 0 Å². The lowest BCUT2D eigenvalue weighted by Gasteiger charge is -2.31. The summed E-state index contributed by atoms with van der Waals surface area (Å²) in [7, 11) is 0. The summed E-state index contributed by atoms with van der Waals surface area (Å²) in [5.74, 6) is -0.494. The second kappa shape index (κ2) is 6.70. The standard InChI is InChI=1S/C16H19F3N4/c17-16(18,19)12-5-4-6-13(9-12)20-10-15-22-21-11-23(15)14-7-2-1-3-8-14/h1-3,7-8,11-13,20H,4-6,9-10H2. The summed E-state index contributed by atoms with van der Waals surface area (Å²) in [5.41, 5.74) is 0.936. The van der Waals surface area contributed by atoms with Crippen molar-refractivity contribution in [3.63, 3.8) is 0 Å². The molecule has 0 aliphatic heterocycles. The molecule has 0 amide bonds. The first kappa shape index (κ1) is 16.0. The van der Waals surface area contributed by atoms with E-state index in [0.29, 0.717) is 18.8 Å². The van der Waals surface area contributed by atoms with Crippen LogP contribution in [0.15, 0.2) is 36.7 Å². The van der Waals surface area contributed by atoms with Gasteiger partial charge in [0.05, 0.1) is 12.5 Å². The van der Waals surface area contributed by atoms with Crippen LogP contribution < -0.4 is 5.32 Å². The smallest absolute Gasteiger partial charge is 0.307 e. The molecule has 0 radical (unpaired) electrons. The van der Waals surface area contributed by atoms with Gasteiger partial charge in [-0.3, -0.25) is 4.57 Å². The van der Waals surface area contributed by atoms with Gasteiger partial charge in [-0.25, -0.2) is 0 Å². The van der Waals surface area contributed by atoms with E-state index in [0.717, 1.165) is 12.1 Å². The van der Waals surface area contributed by atoms with Gasteiger partial charge in [-0.2, -0.15) is 13.2 Å². The highest BCUT2D eigenvalue weighted by Gasteiger charge is 2.42. The number of alkyl halides is 3. The minimum Gasteiger partial charge on any atom is -0.307 e. The van der Waals surface area contributed by atoms with Crippen molar-refractivity contribution < 1.29 is 13.2 Å². The Morgan fingerprint density at radius 1 is 1.17 bits per heavy atom. The Hall–Kier alpha value is -1.89. The molecular weight excluding hydrogens is 305 g/mol. The van der Waals surface area contributed by atoms with Gasteiger partial charge in [-0.1, -0.05) is 24.6 Å². The molecule has 7 heteroatoms. The predicted octanol–water partition coefficient (Wildman–Crippen LogP) is 3.48. The van der Waals surface area contributed by atoms with Crippen molar-refractivity contribution in [2.45, 2.75) is 44.4 Å². The van der Waals surface area contributed by atoms with E-state index in [1.807, 2.05) is 34.9 Å². The van der Waals surface area contributed by atoms with Crippen molar-refractivity contribution in [2.24, 2.45) is 5.92 Å². The topological polar surface area (TPSA) is 42.7 Å². The van der Waals surface area contributed by atoms with Crippen molar-refractivity contribution in [1.29, 1.82) is 0 Å². The summed E-state index contributed by atoms with van der Waals surface area (Å²) in [5, 5.41) is 11.2. The summed E-state index contributed by atoms with van der Waals surface area (Å²) in [6, 6.07) is 9.51. The van der Waals surface area contributed by atoms with Crippen molar-refractivity contribution in [1.82, 2.24) is 20.1 Å². The summed E-state index contributed by atoms with van der Waals surface area (Å²) < 4.78 is 40.4. The maximum Gasteiger partial charge on any atom is 0.391 e. The highest BCUT2D eigenvalue weighted by Crippen LogP contribution is 2.37. The maximum atomic E-state index is 12.9. The number of halogens is 3. The number of hydrogen-bond acceptors (Lipinski definition) is 3. The SMILES string of the molecule is FC(F)(F)C1CCCC(NCc2nncn2-c2ccccc2)C1. The Morgan fingerprint density at radius 2 is 1.96 bits per heavy atom. The summed E-state index contributed by atoms with van der Waals surface area (Å²) in [6.45, 7) is 0.407. The molecule has 2 unspecified atom stereocenters. The van der Waals surface area contributed by atoms with Gasteiger partial charge < -0.3 is 5.32 Å². The Labute approximate surface area is 132 Å². The average Bonchev–Trinajstić information content (AvgIpc) is 3.02. The molecule has 3 rings (SSSR count). The fraction of sp³-hybridized carbons (Fsp3) is 0.500. The zero-order valence-corrected chi connectivity index (χ0v) is 12.6. The first-order chi connectivity index (χ1) is 11.0. The first-order valence-corrected chi connectivity index (χ1v) is 7.78. The summed E-state index contributed by atoms with van der Waals surface area (Å²) in [6.07, 6.45) is -0.722. The lowest BCUT2D eigenvalue weighted by molar-refractivity contribution is -0.183. The molecular formula is C16H19F3N4. The average molecular weight is 324 g/mol. The molecule has 0 bridgehead atoms. The van der Waals surface area contributed by atoms with E-state index in [-0.39, 0.29) is 18.9 Å². The molecule has 2 aromatic rings. The Morgan fingerprint density at radius 3 is 2.70 bits per heavy atom. The number of nitrogens with one attached hydrogen (secondary N) is 1. The summed E-state index contributed by atoms with van der Waals surface area (Å²) >= 11 is 0. The largest absolute Gasteiger partial charge is 0.391 e. The van der Waals surface area contributed by atoms with Crippen LogP contribution in [-0.2, 0) is 6.54 Å². The van der Waals surface area contributed by atoms with Crippen LogP contribution in [0.3, 0.4) is 0 Å². The van der Waals surface area contributed by atoms with Gasteiger partial charge in [0.15, 0.2) is 5.82 Å². The molecule has 1 aliphatic rings. The van der Waals surface area contributed by atoms with Crippen LogP contribution in [0.4, 0.5) is 13.2 Å². The van der Waals surface area contributed by atoms with E-state index in [1.54, 1.807) is 6.33 Å². The van der Waals surface area contributed by atoms with Gasteiger partial charge in [0.25, 0.3) is 0 Å². The van der Waals surface area contributed by atoms with Gasteiger partial charge in [0.2, 0.25) is 0 Å². The third kappa shape index (κ3) is 3.90. The van der Waals surface area contributed by atoms with Crippen LogP contribution in [-0.4, -0.2) is 27.0 Å². The van der Waals surface area contributed by atoms with Crippen LogP contribution in [0.2, 0.25) is 0 Å². The second-order valence-corrected chi connectivity index (χ2v) is 5.94. The second-order valence-electron chi connectivity index (χ2n) is 5.94. The van der Waals surface area contributed by atoms with Crippen molar-refractivity contribution in [3.8, 4) is 5.69 Å². The maximum absolute atomic E-state index is 12.9.